The molecule has 1 unspecified atom stereocenters. The summed E-state index contributed by atoms with van der Waals surface area (Å²) in [5.41, 5.74) is 2.78. The molecular weight excluding hydrogens is 292 g/mol. The highest BCUT2D eigenvalue weighted by molar-refractivity contribution is 5.47. The zero-order valence-electron chi connectivity index (χ0n) is 14.8. The monoisotopic (exact) mass is 322 g/mol. The summed E-state index contributed by atoms with van der Waals surface area (Å²) in [6, 6.07) is 8.72. The molecule has 2 rings (SSSR count). The van der Waals surface area contributed by atoms with Gasteiger partial charge in [0.1, 0.15) is 0 Å². The fourth-order valence-corrected chi connectivity index (χ4v) is 3.14. The molecule has 0 N–H and O–H groups in total. The number of benzene rings is 1. The zero-order valence-corrected chi connectivity index (χ0v) is 14.8. The number of ether oxygens (including phenoxy) is 1. The van der Waals surface area contributed by atoms with Crippen LogP contribution in [0.3, 0.4) is 0 Å². The number of hydrogen-bond donors (Lipinski definition) is 0. The smallest absolute Gasteiger partial charge is 0.0560 e. The van der Waals surface area contributed by atoms with Gasteiger partial charge in [0.15, 0.2) is 0 Å². The van der Waals surface area contributed by atoms with Crippen LogP contribution in [-0.2, 0) is 11.2 Å². The predicted molar refractivity (Wildman–Crippen MR) is 105 cm³/mol. The largest absolute Gasteiger partial charge is 0.380 e. The van der Waals surface area contributed by atoms with Gasteiger partial charge in [0, 0.05) is 5.41 Å². The lowest BCUT2D eigenvalue weighted by Gasteiger charge is -2.31. The van der Waals surface area contributed by atoms with Gasteiger partial charge in [-0.25, -0.2) is 0 Å². The molecule has 0 saturated heterocycles. The summed E-state index contributed by atoms with van der Waals surface area (Å²) in [5.74, 6) is 0. The van der Waals surface area contributed by atoms with Crippen LogP contribution in [0.25, 0.3) is 6.08 Å². The molecule has 0 bridgehead atoms. The summed E-state index contributed by atoms with van der Waals surface area (Å²) in [4.78, 5) is 0. The molecule has 1 nitrogen and oxygen atoms in total. The average Bonchev–Trinajstić information content (AvgIpc) is 2.64. The Labute approximate surface area is 147 Å². The van der Waals surface area contributed by atoms with E-state index < -0.39 is 0 Å². The lowest BCUT2D eigenvalue weighted by molar-refractivity contribution is 0.0655. The molecule has 1 aromatic carbocycles. The van der Waals surface area contributed by atoms with Gasteiger partial charge >= 0.3 is 0 Å². The second kappa shape index (κ2) is 10.1. The Balaban J connectivity index is 1.77. The number of hydrogen-bond acceptors (Lipinski definition) is 1. The highest BCUT2D eigenvalue weighted by Gasteiger charge is 2.26. The molecule has 1 aliphatic rings. The molecular formula is C23H30O. The summed E-state index contributed by atoms with van der Waals surface area (Å²) in [7, 11) is 0. The fraction of sp³-hybridized carbons (Fsp3) is 0.391. The molecule has 0 fully saturated rings. The highest BCUT2D eigenvalue weighted by Crippen LogP contribution is 2.34. The van der Waals surface area contributed by atoms with Crippen molar-refractivity contribution >= 4 is 6.08 Å². The van der Waals surface area contributed by atoms with Crippen molar-refractivity contribution in [1.29, 1.82) is 0 Å². The fourth-order valence-electron chi connectivity index (χ4n) is 3.14. The molecule has 0 aromatic heterocycles. The quantitative estimate of drug-likeness (QED) is 0.351. The molecule has 0 radical (unpaired) electrons. The second-order valence-corrected chi connectivity index (χ2v) is 6.64. The third-order valence-corrected chi connectivity index (χ3v) is 4.68. The van der Waals surface area contributed by atoms with Gasteiger partial charge < -0.3 is 4.74 Å². The Morgan fingerprint density at radius 3 is 2.58 bits per heavy atom. The number of unbranched alkanes of at least 4 members (excludes halogenated alkanes) is 1. The van der Waals surface area contributed by atoms with Crippen LogP contribution in [0.1, 0.15) is 43.2 Å². The van der Waals surface area contributed by atoms with Crippen molar-refractivity contribution in [2.24, 2.45) is 5.41 Å². The van der Waals surface area contributed by atoms with Crippen molar-refractivity contribution in [2.45, 2.75) is 38.5 Å². The minimum atomic E-state index is 0.183. The Morgan fingerprint density at radius 1 is 1.08 bits per heavy atom. The number of aryl methyl sites for hydroxylation is 1. The van der Waals surface area contributed by atoms with Crippen LogP contribution in [0.15, 0.2) is 67.8 Å². The summed E-state index contributed by atoms with van der Waals surface area (Å²) < 4.78 is 5.89. The van der Waals surface area contributed by atoms with E-state index in [0.29, 0.717) is 0 Å². The maximum absolute atomic E-state index is 5.89. The maximum Gasteiger partial charge on any atom is 0.0560 e. The molecule has 1 heteroatoms. The number of allylic oxidation sites excluding steroid dienone is 3. The average molecular weight is 322 g/mol. The summed E-state index contributed by atoms with van der Waals surface area (Å²) in [5, 5.41) is 0. The summed E-state index contributed by atoms with van der Waals surface area (Å²) in [6.45, 7) is 9.15. The first-order chi connectivity index (χ1) is 11.8. The van der Waals surface area contributed by atoms with Crippen LogP contribution in [0.2, 0.25) is 0 Å². The molecule has 1 aliphatic carbocycles. The van der Waals surface area contributed by atoms with Gasteiger partial charge in [-0.05, 0) is 43.2 Å². The molecule has 0 heterocycles. The van der Waals surface area contributed by atoms with Crippen molar-refractivity contribution in [3.63, 3.8) is 0 Å². The van der Waals surface area contributed by atoms with Crippen LogP contribution in [0, 0.1) is 5.41 Å². The first-order valence-corrected chi connectivity index (χ1v) is 9.02. The molecule has 0 aliphatic heterocycles. The Hall–Kier alpha value is -1.86. The maximum atomic E-state index is 5.89. The molecule has 128 valence electrons. The summed E-state index contributed by atoms with van der Waals surface area (Å²) >= 11 is 0. The van der Waals surface area contributed by atoms with E-state index in [4.69, 9.17) is 4.74 Å². The van der Waals surface area contributed by atoms with E-state index in [2.05, 4.69) is 61.7 Å². The third-order valence-electron chi connectivity index (χ3n) is 4.68. The molecule has 0 saturated carbocycles. The zero-order chi connectivity index (χ0) is 17.1. The van der Waals surface area contributed by atoms with Gasteiger partial charge in [-0.2, -0.15) is 0 Å². The van der Waals surface area contributed by atoms with E-state index >= 15 is 0 Å². The predicted octanol–water partition coefficient (Wildman–Crippen LogP) is 6.14. The van der Waals surface area contributed by atoms with Gasteiger partial charge in [-0.3, -0.25) is 0 Å². The molecule has 1 aromatic rings. The second-order valence-electron chi connectivity index (χ2n) is 6.64. The Kier molecular flexibility index (Phi) is 7.77. The van der Waals surface area contributed by atoms with Gasteiger partial charge in [-0.15, -0.1) is 6.58 Å². The van der Waals surface area contributed by atoms with Crippen molar-refractivity contribution in [2.75, 3.05) is 13.2 Å². The van der Waals surface area contributed by atoms with Crippen LogP contribution in [0.4, 0.5) is 0 Å². The Bertz CT molecular complexity index is 564. The van der Waals surface area contributed by atoms with Gasteiger partial charge in [-0.1, -0.05) is 73.7 Å². The van der Waals surface area contributed by atoms with E-state index in [1.54, 1.807) is 0 Å². The van der Waals surface area contributed by atoms with Gasteiger partial charge in [0.25, 0.3) is 0 Å². The van der Waals surface area contributed by atoms with Crippen molar-refractivity contribution in [1.82, 2.24) is 0 Å². The minimum absolute atomic E-state index is 0.183. The molecule has 1 atom stereocenters. The van der Waals surface area contributed by atoms with E-state index in [1.807, 2.05) is 12.2 Å². The van der Waals surface area contributed by atoms with E-state index in [9.17, 15) is 0 Å². The van der Waals surface area contributed by atoms with Crippen molar-refractivity contribution < 1.29 is 4.74 Å². The highest BCUT2D eigenvalue weighted by atomic mass is 16.5. The molecule has 0 spiro atoms. The van der Waals surface area contributed by atoms with E-state index in [0.717, 1.165) is 32.5 Å². The van der Waals surface area contributed by atoms with Gasteiger partial charge in [0.2, 0.25) is 0 Å². The topological polar surface area (TPSA) is 9.23 Å². The van der Waals surface area contributed by atoms with Gasteiger partial charge in [0.05, 0.1) is 13.2 Å². The van der Waals surface area contributed by atoms with E-state index in [1.165, 1.54) is 30.4 Å². The summed E-state index contributed by atoms with van der Waals surface area (Å²) in [6.07, 6.45) is 19.5. The van der Waals surface area contributed by atoms with Crippen LogP contribution in [0.5, 0.6) is 0 Å². The van der Waals surface area contributed by atoms with Crippen molar-refractivity contribution in [3.05, 3.63) is 78.9 Å². The lowest BCUT2D eigenvalue weighted by atomic mass is 9.78. The van der Waals surface area contributed by atoms with Crippen LogP contribution in [-0.4, -0.2) is 13.2 Å². The van der Waals surface area contributed by atoms with E-state index in [-0.39, 0.29) is 5.41 Å². The lowest BCUT2D eigenvalue weighted by Crippen LogP contribution is -2.25. The van der Waals surface area contributed by atoms with Crippen LogP contribution >= 0.6 is 0 Å². The molecule has 0 amide bonds. The first kappa shape index (κ1) is 18.5. The standard InChI is InChI=1S/C23H30O/c1-3-5-19-24-20-23(16-8-6-9-17-23)18-10-7-11-22-14-12-21(4-2)13-15-22/h3-4,6,8-9,12-16H,1-2,5,7,10-11,17-20H2. The van der Waals surface area contributed by atoms with Crippen LogP contribution < -0.4 is 0 Å². The van der Waals surface area contributed by atoms with Crippen molar-refractivity contribution in [3.8, 4) is 0 Å². The number of rotatable bonds is 11. The first-order valence-electron chi connectivity index (χ1n) is 9.02. The minimum Gasteiger partial charge on any atom is -0.380 e. The Morgan fingerprint density at radius 2 is 1.92 bits per heavy atom. The third kappa shape index (κ3) is 5.98. The SMILES string of the molecule is C=CCCOCC1(CCCCc2ccc(C=C)cc2)C=CC=CC1. The normalized spacial score (nSPS) is 19.3. The molecule has 24 heavy (non-hydrogen) atoms.